The van der Waals surface area contributed by atoms with Crippen LogP contribution in [0.1, 0.15) is 17.3 Å². The molecule has 2 aromatic carbocycles. The molecule has 9 nitrogen and oxygen atoms in total. The standard InChI is InChI=1S/C22H18FN5O4S/c1-2-32-21(31)15-5-3-4-6-16(15)24-19(29)12-33-22-26-25-20(30)18-11-17(27-28(18)22)13-7-9-14(23)10-8-13/h3-11H,2,12H2,1H3,(H,24,29)(H,25,30). The quantitative estimate of drug-likeness (QED) is 0.317. The average molecular weight is 467 g/mol. The molecular weight excluding hydrogens is 449 g/mol. The number of thioether (sulfide) groups is 1. The summed E-state index contributed by atoms with van der Waals surface area (Å²) in [5.74, 6) is -1.36. The zero-order valence-electron chi connectivity index (χ0n) is 17.4. The maximum atomic E-state index is 13.2. The van der Waals surface area contributed by atoms with Crippen molar-refractivity contribution in [1.29, 1.82) is 0 Å². The fourth-order valence-corrected chi connectivity index (χ4v) is 3.75. The Balaban J connectivity index is 1.53. The molecule has 2 aromatic heterocycles. The molecule has 0 radical (unpaired) electrons. The Kier molecular flexibility index (Phi) is 6.50. The van der Waals surface area contributed by atoms with Crippen molar-refractivity contribution < 1.29 is 18.7 Å². The van der Waals surface area contributed by atoms with E-state index in [1.165, 1.54) is 16.6 Å². The van der Waals surface area contributed by atoms with Gasteiger partial charge in [0.2, 0.25) is 11.1 Å². The molecule has 0 spiro atoms. The smallest absolute Gasteiger partial charge is 0.340 e. The zero-order chi connectivity index (χ0) is 23.4. The van der Waals surface area contributed by atoms with Crippen LogP contribution in [0.3, 0.4) is 0 Å². The predicted molar refractivity (Wildman–Crippen MR) is 121 cm³/mol. The van der Waals surface area contributed by atoms with Gasteiger partial charge in [-0.05, 0) is 49.4 Å². The van der Waals surface area contributed by atoms with Crippen molar-refractivity contribution in [3.63, 3.8) is 0 Å². The van der Waals surface area contributed by atoms with E-state index in [1.807, 2.05) is 0 Å². The molecule has 33 heavy (non-hydrogen) atoms. The number of anilines is 1. The maximum Gasteiger partial charge on any atom is 0.340 e. The van der Waals surface area contributed by atoms with Gasteiger partial charge >= 0.3 is 5.97 Å². The van der Waals surface area contributed by atoms with Gasteiger partial charge in [-0.3, -0.25) is 9.59 Å². The number of hydrogen-bond acceptors (Lipinski definition) is 7. The first-order valence-electron chi connectivity index (χ1n) is 9.89. The van der Waals surface area contributed by atoms with E-state index >= 15 is 0 Å². The first-order chi connectivity index (χ1) is 16.0. The lowest BCUT2D eigenvalue weighted by Crippen LogP contribution is -2.19. The zero-order valence-corrected chi connectivity index (χ0v) is 18.2. The molecule has 2 N–H and O–H groups in total. The minimum Gasteiger partial charge on any atom is -0.462 e. The Bertz CT molecular complexity index is 1380. The number of halogens is 1. The number of nitrogens with zero attached hydrogens (tertiary/aromatic N) is 3. The van der Waals surface area contributed by atoms with Crippen LogP contribution in [-0.2, 0) is 9.53 Å². The lowest BCUT2D eigenvalue weighted by molar-refractivity contribution is -0.113. The molecule has 0 fully saturated rings. The van der Waals surface area contributed by atoms with Crippen LogP contribution >= 0.6 is 11.8 Å². The summed E-state index contributed by atoms with van der Waals surface area (Å²) in [5.41, 5.74) is 1.46. The molecule has 0 saturated carbocycles. The van der Waals surface area contributed by atoms with Crippen molar-refractivity contribution in [2.45, 2.75) is 12.1 Å². The number of aromatic amines is 1. The molecule has 0 bridgehead atoms. The Morgan fingerprint density at radius 1 is 1.18 bits per heavy atom. The number of esters is 1. The van der Waals surface area contributed by atoms with E-state index in [0.29, 0.717) is 16.9 Å². The Morgan fingerprint density at radius 3 is 2.70 bits per heavy atom. The molecule has 168 valence electrons. The number of benzene rings is 2. The number of rotatable bonds is 7. The Hall–Kier alpha value is -3.99. The number of carbonyl (C=O) groups is 2. The lowest BCUT2D eigenvalue weighted by atomic mass is 10.1. The number of aromatic nitrogens is 4. The molecule has 2 heterocycles. The topological polar surface area (TPSA) is 118 Å². The van der Waals surface area contributed by atoms with Crippen LogP contribution in [0.5, 0.6) is 0 Å². The minimum atomic E-state index is -0.532. The van der Waals surface area contributed by atoms with Crippen LogP contribution in [0.2, 0.25) is 0 Å². The van der Waals surface area contributed by atoms with E-state index in [4.69, 9.17) is 4.74 Å². The van der Waals surface area contributed by atoms with Gasteiger partial charge in [0.15, 0.2) is 0 Å². The normalized spacial score (nSPS) is 10.8. The fourth-order valence-electron chi connectivity index (χ4n) is 3.04. The summed E-state index contributed by atoms with van der Waals surface area (Å²) in [6.07, 6.45) is 0. The average Bonchev–Trinajstić information content (AvgIpc) is 3.26. The van der Waals surface area contributed by atoms with Crippen LogP contribution in [0.15, 0.2) is 64.5 Å². The number of hydrogen-bond donors (Lipinski definition) is 2. The largest absolute Gasteiger partial charge is 0.462 e. The summed E-state index contributed by atoms with van der Waals surface area (Å²) < 4.78 is 19.6. The SMILES string of the molecule is CCOC(=O)c1ccccc1NC(=O)CSc1n[nH]c(=O)c2cc(-c3ccc(F)cc3)nn12. The predicted octanol–water partition coefficient (Wildman–Crippen LogP) is 3.13. The highest BCUT2D eigenvalue weighted by molar-refractivity contribution is 7.99. The van der Waals surface area contributed by atoms with Crippen molar-refractivity contribution >= 4 is 34.8 Å². The third kappa shape index (κ3) is 4.93. The number of nitrogens with one attached hydrogen (secondary N) is 2. The first kappa shape index (κ1) is 22.2. The van der Waals surface area contributed by atoms with Crippen LogP contribution in [0.4, 0.5) is 10.1 Å². The number of ether oxygens (including phenoxy) is 1. The number of fused-ring (bicyclic) bond motifs is 1. The Labute approximate surface area is 191 Å². The monoisotopic (exact) mass is 467 g/mol. The molecule has 0 aliphatic carbocycles. The summed E-state index contributed by atoms with van der Waals surface area (Å²) in [6.45, 7) is 1.92. The van der Waals surface area contributed by atoms with Crippen molar-refractivity contribution in [3.8, 4) is 11.3 Å². The summed E-state index contributed by atoms with van der Waals surface area (Å²) in [7, 11) is 0. The van der Waals surface area contributed by atoms with Gasteiger partial charge in [0.1, 0.15) is 11.3 Å². The van der Waals surface area contributed by atoms with Crippen LogP contribution in [0.25, 0.3) is 16.8 Å². The van der Waals surface area contributed by atoms with Gasteiger partial charge in [0.05, 0.1) is 29.3 Å². The van der Waals surface area contributed by atoms with E-state index in [-0.39, 0.29) is 40.3 Å². The summed E-state index contributed by atoms with van der Waals surface area (Å²) in [6, 6.07) is 13.8. The molecule has 0 saturated heterocycles. The number of amides is 1. The van der Waals surface area contributed by atoms with Gasteiger partial charge in [-0.15, -0.1) is 5.10 Å². The number of carbonyl (C=O) groups excluding carboxylic acids is 2. The van der Waals surface area contributed by atoms with Gasteiger partial charge in [0, 0.05) is 5.56 Å². The van der Waals surface area contributed by atoms with Crippen molar-refractivity contribution in [2.75, 3.05) is 17.7 Å². The third-order valence-electron chi connectivity index (χ3n) is 4.55. The van der Waals surface area contributed by atoms with E-state index < -0.39 is 11.5 Å². The third-order valence-corrected chi connectivity index (χ3v) is 5.47. The van der Waals surface area contributed by atoms with E-state index in [0.717, 1.165) is 11.8 Å². The summed E-state index contributed by atoms with van der Waals surface area (Å²) in [4.78, 5) is 36.8. The van der Waals surface area contributed by atoms with Crippen molar-refractivity contribution in [3.05, 3.63) is 76.3 Å². The van der Waals surface area contributed by atoms with Gasteiger partial charge in [-0.2, -0.15) is 5.10 Å². The van der Waals surface area contributed by atoms with E-state index in [1.54, 1.807) is 49.4 Å². The maximum absolute atomic E-state index is 13.2. The molecule has 0 atom stereocenters. The molecule has 0 unspecified atom stereocenters. The molecule has 11 heteroatoms. The molecule has 0 aliphatic heterocycles. The second kappa shape index (κ2) is 9.65. The van der Waals surface area contributed by atoms with E-state index in [2.05, 4.69) is 20.6 Å². The van der Waals surface area contributed by atoms with E-state index in [9.17, 15) is 18.8 Å². The second-order valence-corrected chi connectivity index (χ2v) is 7.71. The molecule has 4 aromatic rings. The van der Waals surface area contributed by atoms with Crippen molar-refractivity contribution in [2.24, 2.45) is 0 Å². The molecule has 0 aliphatic rings. The highest BCUT2D eigenvalue weighted by Gasteiger charge is 2.16. The summed E-state index contributed by atoms with van der Waals surface area (Å²) in [5, 5.41) is 13.7. The van der Waals surface area contributed by atoms with Crippen LogP contribution < -0.4 is 10.9 Å². The number of para-hydroxylation sites is 1. The highest BCUT2D eigenvalue weighted by Crippen LogP contribution is 2.22. The van der Waals surface area contributed by atoms with Crippen LogP contribution in [-0.4, -0.2) is 44.0 Å². The second-order valence-electron chi connectivity index (χ2n) is 6.77. The minimum absolute atomic E-state index is 0.0585. The first-order valence-corrected chi connectivity index (χ1v) is 10.9. The van der Waals surface area contributed by atoms with Crippen molar-refractivity contribution in [1.82, 2.24) is 19.8 Å². The molecule has 4 rings (SSSR count). The van der Waals surface area contributed by atoms with Gasteiger partial charge < -0.3 is 10.1 Å². The van der Waals surface area contributed by atoms with Crippen LogP contribution in [0, 0.1) is 5.82 Å². The Morgan fingerprint density at radius 2 is 1.94 bits per heavy atom. The number of H-pyrrole nitrogens is 1. The van der Waals surface area contributed by atoms with Gasteiger partial charge in [0.25, 0.3) is 5.56 Å². The summed E-state index contributed by atoms with van der Waals surface area (Å²) >= 11 is 1.05. The van der Waals surface area contributed by atoms with Gasteiger partial charge in [-0.1, -0.05) is 23.9 Å². The lowest BCUT2D eigenvalue weighted by Gasteiger charge is -2.10. The molecular formula is C22H18FN5O4S. The fraction of sp³-hybridized carbons (Fsp3) is 0.136. The van der Waals surface area contributed by atoms with Gasteiger partial charge in [-0.25, -0.2) is 18.8 Å². The molecule has 1 amide bonds. The highest BCUT2D eigenvalue weighted by atomic mass is 32.2.